The Bertz CT molecular complexity index is 478. The molecule has 0 spiro atoms. The maximum absolute atomic E-state index is 5.52. The first-order valence-electron chi connectivity index (χ1n) is 7.70. The van der Waals surface area contributed by atoms with Crippen LogP contribution in [0.2, 0.25) is 0 Å². The quantitative estimate of drug-likeness (QED) is 0.818. The first-order valence-corrected chi connectivity index (χ1v) is 8.11. The van der Waals surface area contributed by atoms with Crippen molar-refractivity contribution in [3.05, 3.63) is 24.5 Å². The molecule has 4 heteroatoms. The fourth-order valence-electron chi connectivity index (χ4n) is 5.10. The lowest BCUT2D eigenvalue weighted by Crippen LogP contribution is -2.60. The maximum atomic E-state index is 5.52. The van der Waals surface area contributed by atoms with E-state index in [4.69, 9.17) is 12.2 Å². The minimum atomic E-state index is 0.279. The van der Waals surface area contributed by atoms with Gasteiger partial charge in [0.15, 0.2) is 5.11 Å². The molecule has 4 saturated carbocycles. The van der Waals surface area contributed by atoms with Gasteiger partial charge in [-0.3, -0.25) is 4.98 Å². The molecule has 106 valence electrons. The van der Waals surface area contributed by atoms with Crippen LogP contribution in [0.25, 0.3) is 0 Å². The molecule has 4 aliphatic rings. The van der Waals surface area contributed by atoms with Gasteiger partial charge in [-0.15, -0.1) is 0 Å². The number of thiocarbonyl (C=S) groups is 1. The van der Waals surface area contributed by atoms with Crippen LogP contribution in [0.3, 0.4) is 0 Å². The molecular weight excluding hydrogens is 266 g/mol. The first-order chi connectivity index (χ1) is 9.71. The lowest BCUT2D eigenvalue weighted by molar-refractivity contribution is -0.00972. The molecule has 1 aromatic heterocycles. The molecule has 0 radical (unpaired) electrons. The molecule has 2 N–H and O–H groups in total. The van der Waals surface area contributed by atoms with Crippen molar-refractivity contribution in [3.63, 3.8) is 0 Å². The lowest BCUT2D eigenvalue weighted by Gasteiger charge is -2.57. The Morgan fingerprint density at radius 3 is 2.35 bits per heavy atom. The van der Waals surface area contributed by atoms with Gasteiger partial charge in [0.25, 0.3) is 0 Å². The summed E-state index contributed by atoms with van der Waals surface area (Å²) in [6, 6.07) is 3.93. The summed E-state index contributed by atoms with van der Waals surface area (Å²) in [5.41, 5.74) is 1.25. The zero-order valence-electron chi connectivity index (χ0n) is 11.6. The Morgan fingerprint density at radius 2 is 1.80 bits per heavy atom. The Balaban J connectivity index is 1.45. The van der Waals surface area contributed by atoms with Crippen molar-refractivity contribution in [3.8, 4) is 0 Å². The molecule has 1 aromatic rings. The van der Waals surface area contributed by atoms with Gasteiger partial charge in [-0.25, -0.2) is 0 Å². The minimum absolute atomic E-state index is 0.279. The number of anilines is 1. The molecule has 4 aliphatic carbocycles. The number of aromatic nitrogens is 1. The van der Waals surface area contributed by atoms with Crippen molar-refractivity contribution in [1.29, 1.82) is 0 Å². The highest BCUT2D eigenvalue weighted by molar-refractivity contribution is 7.80. The standard InChI is InChI=1S/C16H21N3S/c20-15(18-14-2-1-3-17-10-14)19-16-7-11-4-12(8-16)6-13(5-11)9-16/h1-3,10-13H,4-9H2,(H2,18,19,20). The fraction of sp³-hybridized carbons (Fsp3) is 0.625. The number of nitrogens with zero attached hydrogens (tertiary/aromatic N) is 1. The van der Waals surface area contributed by atoms with E-state index in [0.717, 1.165) is 28.6 Å². The number of hydrogen-bond donors (Lipinski definition) is 2. The van der Waals surface area contributed by atoms with Crippen LogP contribution in [0.1, 0.15) is 38.5 Å². The third-order valence-corrected chi connectivity index (χ3v) is 5.54. The summed E-state index contributed by atoms with van der Waals surface area (Å²) in [5, 5.41) is 7.70. The third-order valence-electron chi connectivity index (χ3n) is 5.34. The second-order valence-electron chi connectivity index (χ2n) is 7.02. The minimum Gasteiger partial charge on any atom is -0.357 e. The summed E-state index contributed by atoms with van der Waals surface area (Å²) in [5.74, 6) is 2.82. The van der Waals surface area contributed by atoms with Crippen molar-refractivity contribution in [2.24, 2.45) is 17.8 Å². The van der Waals surface area contributed by atoms with Crippen molar-refractivity contribution in [1.82, 2.24) is 10.3 Å². The second-order valence-corrected chi connectivity index (χ2v) is 7.43. The molecule has 0 aromatic carbocycles. The lowest BCUT2D eigenvalue weighted by atomic mass is 9.53. The molecule has 5 rings (SSSR count). The number of rotatable bonds is 2. The Kier molecular flexibility index (Phi) is 2.95. The van der Waals surface area contributed by atoms with Crippen molar-refractivity contribution in [2.75, 3.05) is 5.32 Å². The van der Waals surface area contributed by atoms with Crippen molar-refractivity contribution < 1.29 is 0 Å². The molecule has 1 heterocycles. The molecule has 0 amide bonds. The number of pyridine rings is 1. The predicted octanol–water partition coefficient (Wildman–Crippen LogP) is 3.34. The maximum Gasteiger partial charge on any atom is 0.171 e. The second kappa shape index (κ2) is 4.69. The van der Waals surface area contributed by atoms with Gasteiger partial charge in [0.1, 0.15) is 0 Å². The molecule has 3 nitrogen and oxygen atoms in total. The smallest absolute Gasteiger partial charge is 0.171 e. The highest BCUT2D eigenvalue weighted by atomic mass is 32.1. The average Bonchev–Trinajstić information content (AvgIpc) is 2.37. The molecule has 0 saturated heterocycles. The van der Waals surface area contributed by atoms with Crippen LogP contribution in [0, 0.1) is 17.8 Å². The van der Waals surface area contributed by atoms with Gasteiger partial charge in [-0.2, -0.15) is 0 Å². The van der Waals surface area contributed by atoms with Crippen LogP contribution in [0.4, 0.5) is 5.69 Å². The van der Waals surface area contributed by atoms with Gasteiger partial charge in [0.05, 0.1) is 11.9 Å². The summed E-state index contributed by atoms with van der Waals surface area (Å²) >= 11 is 5.52. The van der Waals surface area contributed by atoms with Crippen molar-refractivity contribution in [2.45, 2.75) is 44.1 Å². The molecule has 0 aliphatic heterocycles. The number of hydrogen-bond acceptors (Lipinski definition) is 2. The van der Waals surface area contributed by atoms with Crippen LogP contribution < -0.4 is 10.6 Å². The van der Waals surface area contributed by atoms with E-state index in [1.807, 2.05) is 18.3 Å². The Labute approximate surface area is 125 Å². The third kappa shape index (κ3) is 2.30. The van der Waals surface area contributed by atoms with Gasteiger partial charge < -0.3 is 10.6 Å². The van der Waals surface area contributed by atoms with Crippen LogP contribution in [0.15, 0.2) is 24.5 Å². The van der Waals surface area contributed by atoms with E-state index in [1.54, 1.807) is 6.20 Å². The normalized spacial score (nSPS) is 37.7. The van der Waals surface area contributed by atoms with E-state index in [0.29, 0.717) is 0 Å². The molecular formula is C16H21N3S. The Morgan fingerprint density at radius 1 is 1.15 bits per heavy atom. The number of nitrogens with one attached hydrogen (secondary N) is 2. The van der Waals surface area contributed by atoms with E-state index in [1.165, 1.54) is 38.5 Å². The van der Waals surface area contributed by atoms with Crippen LogP contribution in [-0.4, -0.2) is 15.6 Å². The summed E-state index contributed by atoms with van der Waals surface area (Å²) in [6.45, 7) is 0. The van der Waals surface area contributed by atoms with E-state index in [9.17, 15) is 0 Å². The Hall–Kier alpha value is -1.16. The topological polar surface area (TPSA) is 37.0 Å². The van der Waals surface area contributed by atoms with E-state index in [-0.39, 0.29) is 5.54 Å². The van der Waals surface area contributed by atoms with Crippen LogP contribution in [-0.2, 0) is 0 Å². The van der Waals surface area contributed by atoms with Crippen molar-refractivity contribution >= 4 is 23.0 Å². The summed E-state index contributed by atoms with van der Waals surface area (Å²) in [7, 11) is 0. The molecule has 4 fully saturated rings. The summed E-state index contributed by atoms with van der Waals surface area (Å²) < 4.78 is 0. The summed E-state index contributed by atoms with van der Waals surface area (Å²) in [4.78, 5) is 4.11. The van der Waals surface area contributed by atoms with Gasteiger partial charge in [-0.05, 0) is 80.6 Å². The van der Waals surface area contributed by atoms with Crippen LogP contribution in [0.5, 0.6) is 0 Å². The molecule has 4 bridgehead atoms. The predicted molar refractivity (Wildman–Crippen MR) is 84.5 cm³/mol. The zero-order valence-corrected chi connectivity index (χ0v) is 12.5. The van der Waals surface area contributed by atoms with E-state index < -0.39 is 0 Å². The summed E-state index contributed by atoms with van der Waals surface area (Å²) in [6.07, 6.45) is 11.9. The van der Waals surface area contributed by atoms with E-state index in [2.05, 4.69) is 15.6 Å². The average molecular weight is 287 g/mol. The van der Waals surface area contributed by atoms with Gasteiger partial charge >= 0.3 is 0 Å². The highest BCUT2D eigenvalue weighted by Crippen LogP contribution is 2.55. The SMILES string of the molecule is S=C(Nc1cccnc1)NC12CC3CC(CC(C3)C1)C2. The molecule has 20 heavy (non-hydrogen) atoms. The van der Waals surface area contributed by atoms with Gasteiger partial charge in [-0.1, -0.05) is 0 Å². The fourth-order valence-corrected chi connectivity index (χ4v) is 5.44. The highest BCUT2D eigenvalue weighted by Gasteiger charge is 2.51. The van der Waals surface area contributed by atoms with Gasteiger partial charge in [0.2, 0.25) is 0 Å². The van der Waals surface area contributed by atoms with Gasteiger partial charge in [0, 0.05) is 11.7 Å². The largest absolute Gasteiger partial charge is 0.357 e. The van der Waals surface area contributed by atoms with Crippen LogP contribution >= 0.6 is 12.2 Å². The zero-order chi connectivity index (χ0) is 13.6. The first kappa shape index (κ1) is 12.6. The van der Waals surface area contributed by atoms with E-state index >= 15 is 0 Å². The molecule has 0 unspecified atom stereocenters. The molecule has 0 atom stereocenters. The monoisotopic (exact) mass is 287 g/mol.